The third kappa shape index (κ3) is 5.66. The molecule has 3 rings (SSSR count). The van der Waals surface area contributed by atoms with Gasteiger partial charge in [0.05, 0.1) is 12.0 Å². The van der Waals surface area contributed by atoms with E-state index >= 15 is 0 Å². The molecule has 158 valence electrons. The van der Waals surface area contributed by atoms with Gasteiger partial charge in [-0.1, -0.05) is 41.4 Å². The van der Waals surface area contributed by atoms with Gasteiger partial charge in [0, 0.05) is 23.3 Å². The SMILES string of the molecule is COc1cc(CNc2ccc(S(N)(=O)=O)cc2)c(Cl)cc1OCc1ccc(C)cc1. The maximum atomic E-state index is 11.3. The van der Waals surface area contributed by atoms with Crippen LogP contribution in [0.2, 0.25) is 5.02 Å². The lowest BCUT2D eigenvalue weighted by Crippen LogP contribution is -2.12. The van der Waals surface area contributed by atoms with Crippen LogP contribution in [0.15, 0.2) is 65.6 Å². The van der Waals surface area contributed by atoms with E-state index in [1.54, 1.807) is 25.3 Å². The standard InChI is InChI=1S/C22H23ClN2O4S/c1-15-3-5-16(6-4-15)14-29-22-12-20(23)17(11-21(22)28-2)13-25-18-7-9-19(10-8-18)30(24,26)27/h3-12,25H,13-14H2,1-2H3,(H2,24,26,27). The minimum absolute atomic E-state index is 0.0582. The number of rotatable bonds is 8. The van der Waals surface area contributed by atoms with E-state index in [4.69, 9.17) is 26.2 Å². The molecule has 0 aliphatic heterocycles. The molecule has 0 fully saturated rings. The Bertz CT molecular complexity index is 1120. The lowest BCUT2D eigenvalue weighted by atomic mass is 10.1. The molecule has 0 aliphatic carbocycles. The number of hydrogen-bond acceptors (Lipinski definition) is 5. The number of sulfonamides is 1. The molecule has 0 aromatic heterocycles. The molecule has 0 amide bonds. The van der Waals surface area contributed by atoms with Gasteiger partial charge in [0.25, 0.3) is 0 Å². The predicted molar refractivity (Wildman–Crippen MR) is 119 cm³/mol. The number of anilines is 1. The average Bonchev–Trinajstić information content (AvgIpc) is 2.72. The summed E-state index contributed by atoms with van der Waals surface area (Å²) in [5.74, 6) is 1.14. The second-order valence-electron chi connectivity index (χ2n) is 6.79. The van der Waals surface area contributed by atoms with Crippen molar-refractivity contribution in [2.75, 3.05) is 12.4 Å². The minimum atomic E-state index is -3.71. The minimum Gasteiger partial charge on any atom is -0.493 e. The third-order valence-electron chi connectivity index (χ3n) is 4.51. The van der Waals surface area contributed by atoms with Crippen molar-refractivity contribution in [1.82, 2.24) is 0 Å². The molecule has 8 heteroatoms. The van der Waals surface area contributed by atoms with Gasteiger partial charge in [-0.25, -0.2) is 13.6 Å². The fourth-order valence-electron chi connectivity index (χ4n) is 2.79. The maximum Gasteiger partial charge on any atom is 0.238 e. The molecule has 3 N–H and O–H groups in total. The normalized spacial score (nSPS) is 11.2. The molecular weight excluding hydrogens is 424 g/mol. The first-order chi connectivity index (χ1) is 14.3. The van der Waals surface area contributed by atoms with Crippen LogP contribution in [0.5, 0.6) is 11.5 Å². The molecule has 3 aromatic carbocycles. The van der Waals surface area contributed by atoms with Gasteiger partial charge in [-0.05, 0) is 48.4 Å². The van der Waals surface area contributed by atoms with Crippen LogP contribution < -0.4 is 19.9 Å². The number of nitrogens with two attached hydrogens (primary N) is 1. The zero-order valence-corrected chi connectivity index (χ0v) is 18.3. The van der Waals surface area contributed by atoms with Gasteiger partial charge in [0.15, 0.2) is 11.5 Å². The zero-order chi connectivity index (χ0) is 21.7. The van der Waals surface area contributed by atoms with Gasteiger partial charge in [0.2, 0.25) is 10.0 Å². The van der Waals surface area contributed by atoms with Crippen LogP contribution in [0.1, 0.15) is 16.7 Å². The lowest BCUT2D eigenvalue weighted by Gasteiger charge is -2.15. The molecule has 0 heterocycles. The van der Waals surface area contributed by atoms with Crippen molar-refractivity contribution in [3.05, 3.63) is 82.4 Å². The number of primary sulfonamides is 1. The summed E-state index contributed by atoms with van der Waals surface area (Å²) < 4.78 is 34.0. The highest BCUT2D eigenvalue weighted by Crippen LogP contribution is 2.34. The van der Waals surface area contributed by atoms with Crippen LogP contribution in [0, 0.1) is 6.92 Å². The molecule has 0 saturated heterocycles. The van der Waals surface area contributed by atoms with Crippen molar-refractivity contribution in [2.45, 2.75) is 25.0 Å². The summed E-state index contributed by atoms with van der Waals surface area (Å²) in [6.07, 6.45) is 0. The summed E-state index contributed by atoms with van der Waals surface area (Å²) in [7, 11) is -2.14. The zero-order valence-electron chi connectivity index (χ0n) is 16.7. The number of ether oxygens (including phenoxy) is 2. The molecule has 0 radical (unpaired) electrons. The van der Waals surface area contributed by atoms with Crippen LogP contribution in [-0.2, 0) is 23.2 Å². The summed E-state index contributed by atoms with van der Waals surface area (Å²) in [6, 6.07) is 17.8. The van der Waals surface area contributed by atoms with E-state index in [9.17, 15) is 8.42 Å². The molecule has 0 saturated carbocycles. The topological polar surface area (TPSA) is 90.6 Å². The average molecular weight is 447 g/mol. The van der Waals surface area contributed by atoms with E-state index in [1.807, 2.05) is 37.3 Å². The maximum absolute atomic E-state index is 11.3. The Morgan fingerprint density at radius 3 is 2.27 bits per heavy atom. The number of methoxy groups -OCH3 is 1. The van der Waals surface area contributed by atoms with Gasteiger partial charge in [-0.15, -0.1) is 0 Å². The summed E-state index contributed by atoms with van der Waals surface area (Å²) in [4.78, 5) is 0.0582. The molecule has 3 aromatic rings. The number of halogens is 1. The first-order valence-electron chi connectivity index (χ1n) is 9.18. The van der Waals surface area contributed by atoms with E-state index in [0.717, 1.165) is 16.8 Å². The van der Waals surface area contributed by atoms with Crippen LogP contribution in [-0.4, -0.2) is 15.5 Å². The van der Waals surface area contributed by atoms with E-state index in [1.165, 1.54) is 17.7 Å². The van der Waals surface area contributed by atoms with Crippen molar-refractivity contribution in [2.24, 2.45) is 5.14 Å². The van der Waals surface area contributed by atoms with Gasteiger partial charge in [-0.2, -0.15) is 0 Å². The smallest absolute Gasteiger partial charge is 0.238 e. The van der Waals surface area contributed by atoms with Gasteiger partial charge in [0.1, 0.15) is 6.61 Å². The Morgan fingerprint density at radius 1 is 1.00 bits per heavy atom. The molecule has 0 atom stereocenters. The quantitative estimate of drug-likeness (QED) is 0.531. The molecule has 0 bridgehead atoms. The first-order valence-corrected chi connectivity index (χ1v) is 11.1. The number of benzene rings is 3. The Kier molecular flexibility index (Phi) is 6.87. The highest BCUT2D eigenvalue weighted by atomic mass is 35.5. The molecule has 30 heavy (non-hydrogen) atoms. The molecule has 6 nitrogen and oxygen atoms in total. The van der Waals surface area contributed by atoms with Gasteiger partial charge in [-0.3, -0.25) is 0 Å². The summed E-state index contributed by atoms with van der Waals surface area (Å²) >= 11 is 6.44. The first kappa shape index (κ1) is 22.0. The van der Waals surface area contributed by atoms with Gasteiger partial charge >= 0.3 is 0 Å². The van der Waals surface area contributed by atoms with Crippen LogP contribution in [0.3, 0.4) is 0 Å². The molecule has 0 aliphatic rings. The Labute approximate surface area is 181 Å². The monoisotopic (exact) mass is 446 g/mol. The summed E-state index contributed by atoms with van der Waals surface area (Å²) in [6.45, 7) is 2.86. The van der Waals surface area contributed by atoms with E-state index in [2.05, 4.69) is 5.32 Å². The Hall–Kier alpha value is -2.74. The highest BCUT2D eigenvalue weighted by Gasteiger charge is 2.12. The van der Waals surface area contributed by atoms with Crippen molar-refractivity contribution in [3.8, 4) is 11.5 Å². The Morgan fingerprint density at radius 2 is 1.67 bits per heavy atom. The van der Waals surface area contributed by atoms with Crippen LogP contribution >= 0.6 is 11.6 Å². The van der Waals surface area contributed by atoms with Crippen LogP contribution in [0.25, 0.3) is 0 Å². The highest BCUT2D eigenvalue weighted by molar-refractivity contribution is 7.89. The number of nitrogens with one attached hydrogen (secondary N) is 1. The summed E-state index contributed by atoms with van der Waals surface area (Å²) in [5.41, 5.74) is 3.78. The van der Waals surface area contributed by atoms with Crippen LogP contribution in [0.4, 0.5) is 5.69 Å². The molecule has 0 unspecified atom stereocenters. The second-order valence-corrected chi connectivity index (χ2v) is 8.76. The van der Waals surface area contributed by atoms with Gasteiger partial charge < -0.3 is 14.8 Å². The largest absolute Gasteiger partial charge is 0.493 e. The lowest BCUT2D eigenvalue weighted by molar-refractivity contribution is 0.284. The number of aryl methyl sites for hydroxylation is 1. The Balaban J connectivity index is 1.69. The van der Waals surface area contributed by atoms with Crippen molar-refractivity contribution < 1.29 is 17.9 Å². The second kappa shape index (κ2) is 9.38. The van der Waals surface area contributed by atoms with E-state index in [-0.39, 0.29) is 4.90 Å². The third-order valence-corrected chi connectivity index (χ3v) is 5.79. The van der Waals surface area contributed by atoms with Crippen molar-refractivity contribution in [3.63, 3.8) is 0 Å². The molecule has 0 spiro atoms. The summed E-state index contributed by atoms with van der Waals surface area (Å²) in [5, 5.41) is 8.84. The van der Waals surface area contributed by atoms with E-state index in [0.29, 0.717) is 29.7 Å². The number of hydrogen-bond donors (Lipinski definition) is 2. The van der Waals surface area contributed by atoms with Crippen molar-refractivity contribution >= 4 is 27.3 Å². The fraction of sp³-hybridized carbons (Fsp3) is 0.182. The molecular formula is C22H23ClN2O4S. The predicted octanol–water partition coefficient (Wildman–Crippen LogP) is 4.50. The fourth-order valence-corrected chi connectivity index (χ4v) is 3.53. The van der Waals surface area contributed by atoms with E-state index < -0.39 is 10.0 Å². The van der Waals surface area contributed by atoms with Crippen molar-refractivity contribution in [1.29, 1.82) is 0 Å².